The molecule has 0 saturated carbocycles. The minimum Gasteiger partial charge on any atom is -0.352 e. The second-order valence-corrected chi connectivity index (χ2v) is 10.2. The number of carbonyl (C=O) groups is 2. The second kappa shape index (κ2) is 9.58. The average Bonchev–Trinajstić information content (AvgIpc) is 2.67. The van der Waals surface area contributed by atoms with Gasteiger partial charge in [-0.3, -0.25) is 4.79 Å². The highest BCUT2D eigenvalue weighted by Crippen LogP contribution is 2.25. The molecule has 1 aromatic carbocycles. The summed E-state index contributed by atoms with van der Waals surface area (Å²) in [5.41, 5.74) is 6.03. The molecule has 162 valence electrons. The largest absolute Gasteiger partial charge is 0.352 e. The Morgan fingerprint density at radius 1 is 1.03 bits per heavy atom. The van der Waals surface area contributed by atoms with Crippen LogP contribution in [0.5, 0.6) is 0 Å². The van der Waals surface area contributed by atoms with Gasteiger partial charge in [0, 0.05) is 39.1 Å². The van der Waals surface area contributed by atoms with E-state index in [1.165, 1.54) is 4.31 Å². The number of hydrogen-bond acceptors (Lipinski definition) is 4. The topological polar surface area (TPSA) is 113 Å². The molecule has 0 unspecified atom stereocenters. The molecule has 1 aliphatic rings. The molecule has 1 aliphatic heterocycles. The molecule has 1 heterocycles. The fraction of sp³-hybridized carbons (Fsp3) is 0.600. The lowest BCUT2D eigenvalue weighted by atomic mass is 9.87. The first-order valence-corrected chi connectivity index (χ1v) is 11.4. The Morgan fingerprint density at radius 2 is 1.62 bits per heavy atom. The van der Waals surface area contributed by atoms with E-state index in [2.05, 4.69) is 26.1 Å². The number of rotatable bonds is 7. The van der Waals surface area contributed by atoms with Gasteiger partial charge in [-0.15, -0.1) is 0 Å². The number of nitrogens with zero attached hydrogens (tertiary/aromatic N) is 2. The lowest BCUT2D eigenvalue weighted by Crippen LogP contribution is -2.50. The molecule has 3 N–H and O–H groups in total. The van der Waals surface area contributed by atoms with Gasteiger partial charge in [0.2, 0.25) is 15.9 Å². The van der Waals surface area contributed by atoms with E-state index in [0.29, 0.717) is 52.0 Å². The average molecular weight is 425 g/mol. The Hall–Kier alpha value is -2.13. The Kier molecular flexibility index (Phi) is 7.65. The van der Waals surface area contributed by atoms with Crippen molar-refractivity contribution < 1.29 is 18.0 Å². The van der Waals surface area contributed by atoms with E-state index < -0.39 is 16.1 Å². The van der Waals surface area contributed by atoms with Gasteiger partial charge in [0.25, 0.3) is 0 Å². The van der Waals surface area contributed by atoms with Gasteiger partial charge in [-0.1, -0.05) is 32.9 Å². The zero-order valence-corrected chi connectivity index (χ0v) is 18.3. The molecule has 2 rings (SSSR count). The normalized spacial score (nSPS) is 15.9. The molecule has 1 saturated heterocycles. The van der Waals surface area contributed by atoms with Crippen LogP contribution in [0, 0.1) is 0 Å². The molecule has 0 radical (unpaired) electrons. The van der Waals surface area contributed by atoms with Gasteiger partial charge >= 0.3 is 6.03 Å². The zero-order chi connectivity index (χ0) is 21.7. The van der Waals surface area contributed by atoms with E-state index in [1.807, 2.05) is 12.1 Å². The van der Waals surface area contributed by atoms with Crippen molar-refractivity contribution in [1.29, 1.82) is 0 Å². The first-order chi connectivity index (χ1) is 13.5. The number of hydrogen-bond donors (Lipinski definition) is 2. The number of amides is 3. The van der Waals surface area contributed by atoms with Crippen molar-refractivity contribution in [3.05, 3.63) is 29.8 Å². The minimum atomic E-state index is -3.56. The number of carbonyl (C=O) groups excluding carboxylic acids is 2. The van der Waals surface area contributed by atoms with E-state index in [4.69, 9.17) is 5.73 Å². The highest BCUT2D eigenvalue weighted by Gasteiger charge is 2.30. The molecule has 9 heteroatoms. The van der Waals surface area contributed by atoms with Gasteiger partial charge in [0.05, 0.1) is 4.90 Å². The number of unbranched alkanes of at least 4 members (excludes halogenated alkanes) is 1. The van der Waals surface area contributed by atoms with Gasteiger partial charge in [-0.2, -0.15) is 4.31 Å². The number of piperazine rings is 1. The molecule has 0 spiro atoms. The summed E-state index contributed by atoms with van der Waals surface area (Å²) < 4.78 is 27.2. The van der Waals surface area contributed by atoms with Crippen LogP contribution in [-0.4, -0.2) is 62.3 Å². The van der Waals surface area contributed by atoms with E-state index >= 15 is 0 Å². The summed E-state index contributed by atoms with van der Waals surface area (Å²) in [5.74, 6) is 0.00986. The molecule has 0 aromatic heterocycles. The smallest absolute Gasteiger partial charge is 0.312 e. The lowest BCUT2D eigenvalue weighted by Gasteiger charge is -2.34. The first-order valence-electron chi connectivity index (χ1n) is 9.93. The maximum absolute atomic E-state index is 12.9. The van der Waals surface area contributed by atoms with Crippen molar-refractivity contribution in [3.63, 3.8) is 0 Å². The maximum atomic E-state index is 12.9. The van der Waals surface area contributed by atoms with Crippen molar-refractivity contribution in [3.8, 4) is 0 Å². The van der Waals surface area contributed by atoms with E-state index in [0.717, 1.165) is 5.56 Å². The zero-order valence-electron chi connectivity index (χ0n) is 17.5. The van der Waals surface area contributed by atoms with Crippen LogP contribution in [0.3, 0.4) is 0 Å². The Bertz CT molecular complexity index is 808. The summed E-state index contributed by atoms with van der Waals surface area (Å²) in [6.07, 6.45) is 1.70. The Labute approximate surface area is 173 Å². The highest BCUT2D eigenvalue weighted by molar-refractivity contribution is 7.89. The molecule has 0 bridgehead atoms. The molecule has 1 aromatic rings. The van der Waals surface area contributed by atoms with Gasteiger partial charge < -0.3 is 16.0 Å². The first kappa shape index (κ1) is 23.2. The molecule has 3 amide bonds. The number of sulfonamides is 1. The van der Waals surface area contributed by atoms with Gasteiger partial charge in [0.1, 0.15) is 0 Å². The molecular weight excluding hydrogens is 392 g/mol. The van der Waals surface area contributed by atoms with E-state index in [-0.39, 0.29) is 16.2 Å². The number of benzene rings is 1. The number of nitrogens with two attached hydrogens (primary N) is 1. The summed E-state index contributed by atoms with van der Waals surface area (Å²) in [6, 6.07) is 6.47. The third kappa shape index (κ3) is 6.43. The predicted molar refractivity (Wildman–Crippen MR) is 112 cm³/mol. The number of urea groups is 1. The third-order valence-electron chi connectivity index (χ3n) is 5.07. The summed E-state index contributed by atoms with van der Waals surface area (Å²) >= 11 is 0. The summed E-state index contributed by atoms with van der Waals surface area (Å²) in [6.45, 7) is 8.05. The van der Waals surface area contributed by atoms with Crippen LogP contribution >= 0.6 is 0 Å². The fourth-order valence-corrected chi connectivity index (χ4v) is 4.65. The van der Waals surface area contributed by atoms with Gasteiger partial charge in [-0.25, -0.2) is 13.2 Å². The lowest BCUT2D eigenvalue weighted by molar-refractivity contribution is -0.132. The van der Waals surface area contributed by atoms with Crippen LogP contribution in [-0.2, 0) is 20.2 Å². The minimum absolute atomic E-state index is 0.00986. The van der Waals surface area contributed by atoms with Crippen LogP contribution in [0.15, 0.2) is 29.2 Å². The van der Waals surface area contributed by atoms with E-state index in [1.54, 1.807) is 17.0 Å². The molecular formula is C20H32N4O4S. The Balaban J connectivity index is 1.86. The van der Waals surface area contributed by atoms with Gasteiger partial charge in [-0.05, 0) is 36.0 Å². The van der Waals surface area contributed by atoms with Crippen LogP contribution in [0.2, 0.25) is 0 Å². The quantitative estimate of drug-likeness (QED) is 0.648. The maximum Gasteiger partial charge on any atom is 0.312 e. The molecule has 8 nitrogen and oxygen atoms in total. The SMILES string of the molecule is CC(C)(C)c1ccc(S(=O)(=O)N2CCN(C(=O)CCCCNC(N)=O)CC2)cc1. The van der Waals surface area contributed by atoms with Crippen LogP contribution in [0.1, 0.15) is 45.6 Å². The third-order valence-corrected chi connectivity index (χ3v) is 6.98. The summed E-state index contributed by atoms with van der Waals surface area (Å²) in [4.78, 5) is 24.9. The van der Waals surface area contributed by atoms with Gasteiger partial charge in [0.15, 0.2) is 0 Å². The standard InChI is InChI=1S/C20H32N4O4S/c1-20(2,3)16-7-9-17(10-8-16)29(27,28)24-14-12-23(13-15-24)18(25)6-4-5-11-22-19(21)26/h7-10H,4-6,11-15H2,1-3H3,(H3,21,22,26). The number of primary amides is 1. The monoisotopic (exact) mass is 424 g/mol. The highest BCUT2D eigenvalue weighted by atomic mass is 32.2. The fourth-order valence-electron chi connectivity index (χ4n) is 3.22. The molecule has 29 heavy (non-hydrogen) atoms. The van der Waals surface area contributed by atoms with Crippen LogP contribution in [0.4, 0.5) is 4.79 Å². The van der Waals surface area contributed by atoms with E-state index in [9.17, 15) is 18.0 Å². The number of nitrogens with one attached hydrogen (secondary N) is 1. The summed E-state index contributed by atoms with van der Waals surface area (Å²) in [7, 11) is -3.56. The molecule has 0 aliphatic carbocycles. The van der Waals surface area contributed by atoms with Crippen molar-refractivity contribution in [1.82, 2.24) is 14.5 Å². The van der Waals surface area contributed by atoms with Crippen LogP contribution < -0.4 is 11.1 Å². The van der Waals surface area contributed by atoms with Crippen molar-refractivity contribution in [2.75, 3.05) is 32.7 Å². The Morgan fingerprint density at radius 3 is 2.14 bits per heavy atom. The van der Waals surface area contributed by atoms with Crippen molar-refractivity contribution in [2.45, 2.75) is 50.3 Å². The second-order valence-electron chi connectivity index (χ2n) is 8.31. The molecule has 1 fully saturated rings. The van der Waals surface area contributed by atoms with Crippen molar-refractivity contribution in [2.24, 2.45) is 5.73 Å². The summed E-state index contributed by atoms with van der Waals surface area (Å²) in [5, 5.41) is 2.49. The van der Waals surface area contributed by atoms with Crippen molar-refractivity contribution >= 4 is 22.0 Å². The molecule has 0 atom stereocenters. The predicted octanol–water partition coefficient (Wildman–Crippen LogP) is 1.66. The van der Waals surface area contributed by atoms with Crippen LogP contribution in [0.25, 0.3) is 0 Å².